The molecule has 0 bridgehead atoms. The summed E-state index contributed by atoms with van der Waals surface area (Å²) in [4.78, 5) is 41.7. The Hall–Kier alpha value is -2.81. The Kier molecular flexibility index (Phi) is 5.36. The predicted octanol–water partition coefficient (Wildman–Crippen LogP) is 0.442. The van der Waals surface area contributed by atoms with Crippen LogP contribution < -0.4 is 21.9 Å². The fourth-order valence-corrected chi connectivity index (χ4v) is 2.38. The Morgan fingerprint density at radius 3 is 2.61 bits per heavy atom. The van der Waals surface area contributed by atoms with Gasteiger partial charge in [-0.2, -0.15) is 0 Å². The average Bonchev–Trinajstić information content (AvgIpc) is 2.56. The molecular weight excluding hydrogens is 318 g/mol. The van der Waals surface area contributed by atoms with Gasteiger partial charge in [-0.25, -0.2) is 4.98 Å². The summed E-state index contributed by atoms with van der Waals surface area (Å²) in [6.45, 7) is 0. The Labute approximate surface area is 135 Å². The van der Waals surface area contributed by atoms with Crippen LogP contribution in [0, 0.1) is 0 Å². The van der Waals surface area contributed by atoms with E-state index in [2.05, 4.69) is 20.6 Å². The molecule has 0 saturated carbocycles. The summed E-state index contributed by atoms with van der Waals surface area (Å²) in [6, 6.07) is 8.41. The van der Waals surface area contributed by atoms with Crippen LogP contribution in [0.1, 0.15) is 10.4 Å². The molecule has 2 amide bonds. The lowest BCUT2D eigenvalue weighted by Gasteiger charge is -2.08. The van der Waals surface area contributed by atoms with Gasteiger partial charge in [-0.15, -0.1) is 0 Å². The van der Waals surface area contributed by atoms with Crippen molar-refractivity contribution in [1.82, 2.24) is 15.3 Å². The van der Waals surface area contributed by atoms with Crippen LogP contribution in [0.2, 0.25) is 0 Å². The van der Waals surface area contributed by atoms with Crippen LogP contribution in [-0.2, 0) is 4.79 Å². The number of carbonyl (C=O) groups is 2. The Balaban J connectivity index is 2.16. The number of aromatic amines is 1. The smallest absolute Gasteiger partial charge is 0.277 e. The number of amides is 2. The molecule has 8 nitrogen and oxygen atoms in total. The standard InChI is InChI=1S/C14H15N5O3S/c1-16-9(20)7-23-14-18-11(15)10(13(22)19-14)17-12(21)8-5-3-2-4-6-8/h2-6H,7H2,1H3,(H,16,20)(H,17,21)(H3,15,18,19,22). The van der Waals surface area contributed by atoms with Crippen molar-refractivity contribution >= 4 is 35.1 Å². The number of nitrogens with one attached hydrogen (secondary N) is 3. The fourth-order valence-electron chi connectivity index (χ4n) is 1.64. The summed E-state index contributed by atoms with van der Waals surface area (Å²) in [5.41, 5.74) is 5.42. The first kappa shape index (κ1) is 16.6. The molecule has 0 atom stereocenters. The molecule has 1 heterocycles. The molecule has 0 aliphatic rings. The van der Waals surface area contributed by atoms with Crippen LogP contribution in [0.4, 0.5) is 11.5 Å². The van der Waals surface area contributed by atoms with Crippen molar-refractivity contribution in [2.75, 3.05) is 23.9 Å². The molecular formula is C14H15N5O3S. The molecule has 0 aliphatic carbocycles. The van der Waals surface area contributed by atoms with Gasteiger partial charge in [0.2, 0.25) is 5.91 Å². The van der Waals surface area contributed by atoms with Crippen LogP contribution in [0.5, 0.6) is 0 Å². The van der Waals surface area contributed by atoms with E-state index in [9.17, 15) is 14.4 Å². The summed E-state index contributed by atoms with van der Waals surface area (Å²) in [7, 11) is 1.51. The number of hydrogen-bond acceptors (Lipinski definition) is 6. The molecule has 0 spiro atoms. The molecule has 0 radical (unpaired) electrons. The maximum Gasteiger partial charge on any atom is 0.277 e. The summed E-state index contributed by atoms with van der Waals surface area (Å²) < 4.78 is 0. The molecule has 2 aromatic rings. The van der Waals surface area contributed by atoms with E-state index >= 15 is 0 Å². The number of anilines is 2. The molecule has 0 saturated heterocycles. The zero-order chi connectivity index (χ0) is 16.8. The van der Waals surface area contributed by atoms with Gasteiger partial charge in [-0.3, -0.25) is 19.4 Å². The van der Waals surface area contributed by atoms with E-state index in [-0.39, 0.29) is 28.3 Å². The summed E-state index contributed by atoms with van der Waals surface area (Å²) in [5.74, 6) is -0.695. The van der Waals surface area contributed by atoms with Gasteiger partial charge < -0.3 is 16.4 Å². The van der Waals surface area contributed by atoms with Gasteiger partial charge in [0, 0.05) is 12.6 Å². The lowest BCUT2D eigenvalue weighted by atomic mass is 10.2. The van der Waals surface area contributed by atoms with Gasteiger partial charge in [0.25, 0.3) is 11.5 Å². The van der Waals surface area contributed by atoms with Gasteiger partial charge >= 0.3 is 0 Å². The van der Waals surface area contributed by atoms with Crippen LogP contribution in [0.25, 0.3) is 0 Å². The third-order valence-electron chi connectivity index (χ3n) is 2.82. The third kappa shape index (κ3) is 4.33. The highest BCUT2D eigenvalue weighted by Gasteiger charge is 2.14. The number of rotatable bonds is 5. The van der Waals surface area contributed by atoms with Crippen LogP contribution in [0.15, 0.2) is 40.3 Å². The highest BCUT2D eigenvalue weighted by atomic mass is 32.2. The number of thioether (sulfide) groups is 1. The molecule has 1 aromatic carbocycles. The fraction of sp³-hybridized carbons (Fsp3) is 0.143. The lowest BCUT2D eigenvalue weighted by Crippen LogP contribution is -2.24. The number of carbonyl (C=O) groups excluding carboxylic acids is 2. The van der Waals surface area contributed by atoms with Gasteiger partial charge in [0.1, 0.15) is 5.69 Å². The summed E-state index contributed by atoms with van der Waals surface area (Å²) >= 11 is 1.03. The maximum atomic E-state index is 12.1. The van der Waals surface area contributed by atoms with Gasteiger partial charge in [0.05, 0.1) is 5.75 Å². The van der Waals surface area contributed by atoms with Crippen LogP contribution in [0.3, 0.4) is 0 Å². The third-order valence-corrected chi connectivity index (χ3v) is 3.69. The number of H-pyrrole nitrogens is 1. The minimum atomic E-state index is -0.582. The number of aromatic nitrogens is 2. The van der Waals surface area contributed by atoms with Gasteiger partial charge in [0.15, 0.2) is 11.0 Å². The van der Waals surface area contributed by atoms with Gasteiger partial charge in [-0.1, -0.05) is 30.0 Å². The first-order valence-electron chi connectivity index (χ1n) is 6.61. The predicted molar refractivity (Wildman–Crippen MR) is 88.5 cm³/mol. The highest BCUT2D eigenvalue weighted by molar-refractivity contribution is 7.99. The quantitative estimate of drug-likeness (QED) is 0.464. The number of nitrogens with zero attached hydrogens (tertiary/aromatic N) is 1. The molecule has 5 N–H and O–H groups in total. The number of hydrogen-bond donors (Lipinski definition) is 4. The summed E-state index contributed by atoms with van der Waals surface area (Å²) in [5, 5.41) is 5.09. The van der Waals surface area contributed by atoms with Crippen molar-refractivity contribution in [3.63, 3.8) is 0 Å². The maximum absolute atomic E-state index is 12.1. The van der Waals surface area contributed by atoms with E-state index in [0.29, 0.717) is 5.56 Å². The van der Waals surface area contributed by atoms with Crippen molar-refractivity contribution in [1.29, 1.82) is 0 Å². The number of nitrogens with two attached hydrogens (primary N) is 1. The normalized spacial score (nSPS) is 10.1. The van der Waals surface area contributed by atoms with E-state index in [0.717, 1.165) is 11.8 Å². The monoisotopic (exact) mass is 333 g/mol. The van der Waals surface area contributed by atoms with E-state index in [1.165, 1.54) is 7.05 Å². The average molecular weight is 333 g/mol. The lowest BCUT2D eigenvalue weighted by molar-refractivity contribution is -0.118. The highest BCUT2D eigenvalue weighted by Crippen LogP contribution is 2.17. The van der Waals surface area contributed by atoms with Crippen molar-refractivity contribution in [3.05, 3.63) is 46.2 Å². The number of nitrogen functional groups attached to an aromatic ring is 1. The first-order valence-corrected chi connectivity index (χ1v) is 7.59. The minimum Gasteiger partial charge on any atom is -0.382 e. The zero-order valence-electron chi connectivity index (χ0n) is 12.3. The molecule has 0 fully saturated rings. The van der Waals surface area contributed by atoms with Crippen molar-refractivity contribution in [2.24, 2.45) is 0 Å². The second kappa shape index (κ2) is 7.45. The zero-order valence-corrected chi connectivity index (χ0v) is 13.1. The Bertz CT molecular complexity index is 776. The van der Waals surface area contributed by atoms with Crippen molar-refractivity contribution < 1.29 is 9.59 Å². The van der Waals surface area contributed by atoms with E-state index < -0.39 is 11.5 Å². The SMILES string of the molecule is CNC(=O)CSc1nc(N)c(NC(=O)c2ccccc2)c(=O)[nH]1. The van der Waals surface area contributed by atoms with Crippen molar-refractivity contribution in [3.8, 4) is 0 Å². The largest absolute Gasteiger partial charge is 0.382 e. The van der Waals surface area contributed by atoms with Crippen LogP contribution >= 0.6 is 11.8 Å². The second-order valence-electron chi connectivity index (χ2n) is 4.41. The molecule has 23 heavy (non-hydrogen) atoms. The van der Waals surface area contributed by atoms with Crippen molar-refractivity contribution in [2.45, 2.75) is 5.16 Å². The molecule has 0 aliphatic heterocycles. The molecule has 0 unspecified atom stereocenters. The Morgan fingerprint density at radius 2 is 2.00 bits per heavy atom. The summed E-state index contributed by atoms with van der Waals surface area (Å²) in [6.07, 6.45) is 0. The van der Waals surface area contributed by atoms with Gasteiger partial charge in [-0.05, 0) is 12.1 Å². The topological polar surface area (TPSA) is 130 Å². The van der Waals surface area contributed by atoms with E-state index in [4.69, 9.17) is 5.73 Å². The molecule has 9 heteroatoms. The van der Waals surface area contributed by atoms with E-state index in [1.807, 2.05) is 0 Å². The minimum absolute atomic E-state index is 0.0919. The molecule has 2 rings (SSSR count). The Morgan fingerprint density at radius 1 is 1.30 bits per heavy atom. The molecule has 1 aromatic heterocycles. The number of benzene rings is 1. The first-order chi connectivity index (χ1) is 11.0. The van der Waals surface area contributed by atoms with E-state index in [1.54, 1.807) is 30.3 Å². The second-order valence-corrected chi connectivity index (χ2v) is 5.38. The molecule has 120 valence electrons. The van der Waals surface area contributed by atoms with Crippen LogP contribution in [-0.4, -0.2) is 34.6 Å².